The van der Waals surface area contributed by atoms with Crippen LogP contribution in [0.2, 0.25) is 0 Å². The van der Waals surface area contributed by atoms with E-state index < -0.39 is 10.1 Å². The zero-order chi connectivity index (χ0) is 14.8. The molecule has 0 atom stereocenters. The molecule has 20 heavy (non-hydrogen) atoms. The van der Waals surface area contributed by atoms with Crippen LogP contribution in [0.5, 0.6) is 0 Å². The molecule has 4 heteroatoms. The van der Waals surface area contributed by atoms with Crippen molar-refractivity contribution in [2.24, 2.45) is 0 Å². The van der Waals surface area contributed by atoms with Gasteiger partial charge in [-0.3, -0.25) is 4.55 Å². The lowest BCUT2D eigenvalue weighted by molar-refractivity contribution is 0.480. The second kappa shape index (κ2) is 8.51. The molecule has 0 unspecified atom stereocenters. The van der Waals surface area contributed by atoms with Crippen LogP contribution in [0.4, 0.5) is 0 Å². The molecule has 1 N–H and O–H groups in total. The zero-order valence-corrected chi connectivity index (χ0v) is 12.4. The molecule has 0 aliphatic rings. The summed E-state index contributed by atoms with van der Waals surface area (Å²) >= 11 is 0. The maximum absolute atomic E-state index is 9.95. The second-order valence-electron chi connectivity index (χ2n) is 4.37. The van der Waals surface area contributed by atoms with Crippen molar-refractivity contribution in [2.45, 2.75) is 19.8 Å². The van der Waals surface area contributed by atoms with Crippen LogP contribution in [0.1, 0.15) is 19.8 Å². The van der Waals surface area contributed by atoms with E-state index in [1.807, 2.05) is 19.1 Å². The van der Waals surface area contributed by atoms with Crippen LogP contribution in [0.3, 0.4) is 0 Å². The van der Waals surface area contributed by atoms with E-state index in [2.05, 4.69) is 48.5 Å². The lowest BCUT2D eigenvalue weighted by atomic mass is 10.1. The Labute approximate surface area is 121 Å². The molecule has 0 heterocycles. The minimum atomic E-state index is -3.69. The van der Waals surface area contributed by atoms with Gasteiger partial charge in [-0.05, 0) is 17.5 Å². The molecular weight excluding hydrogens is 272 g/mol. The molecule has 2 aromatic carbocycles. The Morgan fingerprint density at radius 3 is 1.50 bits per heavy atom. The van der Waals surface area contributed by atoms with E-state index in [1.165, 1.54) is 11.1 Å². The van der Waals surface area contributed by atoms with Crippen molar-refractivity contribution in [1.29, 1.82) is 0 Å². The third-order valence-electron chi connectivity index (χ3n) is 2.64. The highest BCUT2D eigenvalue weighted by Crippen LogP contribution is 2.17. The molecule has 0 saturated carbocycles. The summed E-state index contributed by atoms with van der Waals surface area (Å²) in [5.74, 6) is -0.108. The Morgan fingerprint density at radius 1 is 0.850 bits per heavy atom. The summed E-state index contributed by atoms with van der Waals surface area (Å²) in [6.45, 7) is 1.87. The van der Waals surface area contributed by atoms with E-state index in [0.717, 1.165) is 6.42 Å². The molecule has 108 valence electrons. The Bertz CT molecular complexity index is 540. The van der Waals surface area contributed by atoms with Gasteiger partial charge in [-0.15, -0.1) is 0 Å². The number of rotatable bonds is 4. The van der Waals surface area contributed by atoms with Crippen LogP contribution in [0.25, 0.3) is 11.1 Å². The van der Waals surface area contributed by atoms with Gasteiger partial charge in [0.1, 0.15) is 0 Å². The molecule has 0 saturated heterocycles. The molecule has 0 amide bonds. The van der Waals surface area contributed by atoms with E-state index >= 15 is 0 Å². The third-order valence-corrected chi connectivity index (χ3v) is 3.44. The van der Waals surface area contributed by atoms with Gasteiger partial charge in [0.15, 0.2) is 0 Å². The summed E-state index contributed by atoms with van der Waals surface area (Å²) in [4.78, 5) is 0. The molecule has 2 aromatic rings. The van der Waals surface area contributed by atoms with Crippen LogP contribution >= 0.6 is 0 Å². The molecule has 2 rings (SSSR count). The van der Waals surface area contributed by atoms with Gasteiger partial charge >= 0.3 is 0 Å². The molecule has 0 aromatic heterocycles. The number of benzene rings is 2. The van der Waals surface area contributed by atoms with Crippen molar-refractivity contribution in [3.8, 4) is 11.1 Å². The standard InChI is InChI=1S/C12H10.C4H10O3S/c1-3-7-11(8-4-1)12-9-5-2-6-10-12;1-2-3-4-8(5,6)7/h1-10H;2-4H2,1H3,(H,5,6,7). The van der Waals surface area contributed by atoms with E-state index in [1.54, 1.807) is 0 Å². The van der Waals surface area contributed by atoms with Crippen molar-refractivity contribution < 1.29 is 13.0 Å². The topological polar surface area (TPSA) is 54.4 Å². The maximum atomic E-state index is 9.95. The molecule has 0 radical (unpaired) electrons. The zero-order valence-electron chi connectivity index (χ0n) is 11.6. The van der Waals surface area contributed by atoms with E-state index in [4.69, 9.17) is 4.55 Å². The van der Waals surface area contributed by atoms with Crippen molar-refractivity contribution in [1.82, 2.24) is 0 Å². The molecule has 0 fully saturated rings. The lowest BCUT2D eigenvalue weighted by Crippen LogP contribution is -2.02. The fourth-order valence-electron chi connectivity index (χ4n) is 1.59. The second-order valence-corrected chi connectivity index (χ2v) is 5.94. The van der Waals surface area contributed by atoms with Crippen LogP contribution in [-0.2, 0) is 10.1 Å². The molecular formula is C16H20O3S. The smallest absolute Gasteiger partial charge is 0.264 e. The largest absolute Gasteiger partial charge is 0.286 e. The Hall–Kier alpha value is -1.65. The monoisotopic (exact) mass is 292 g/mol. The number of hydrogen-bond acceptors (Lipinski definition) is 2. The molecule has 0 spiro atoms. The highest BCUT2D eigenvalue weighted by molar-refractivity contribution is 7.85. The van der Waals surface area contributed by atoms with Gasteiger partial charge in [0, 0.05) is 0 Å². The molecule has 0 aliphatic heterocycles. The Balaban J connectivity index is 0.000000221. The van der Waals surface area contributed by atoms with Gasteiger partial charge in [0.25, 0.3) is 10.1 Å². The maximum Gasteiger partial charge on any atom is 0.264 e. The Kier molecular flexibility index (Phi) is 6.98. The summed E-state index contributed by atoms with van der Waals surface area (Å²) in [7, 11) is -3.69. The van der Waals surface area contributed by atoms with Crippen LogP contribution in [0, 0.1) is 0 Å². The van der Waals surface area contributed by atoms with Crippen molar-refractivity contribution in [2.75, 3.05) is 5.75 Å². The summed E-state index contributed by atoms with van der Waals surface area (Å²) < 4.78 is 28.0. The fourth-order valence-corrected chi connectivity index (χ4v) is 2.24. The van der Waals surface area contributed by atoms with E-state index in [0.29, 0.717) is 6.42 Å². The minimum Gasteiger partial charge on any atom is -0.286 e. The number of unbranched alkanes of at least 4 members (excludes halogenated alkanes) is 1. The van der Waals surface area contributed by atoms with Gasteiger partial charge in [-0.2, -0.15) is 8.42 Å². The summed E-state index contributed by atoms with van der Waals surface area (Å²) in [6, 6.07) is 20.8. The van der Waals surface area contributed by atoms with Crippen LogP contribution < -0.4 is 0 Å². The van der Waals surface area contributed by atoms with Gasteiger partial charge in [-0.1, -0.05) is 74.0 Å². The predicted molar refractivity (Wildman–Crippen MR) is 83.2 cm³/mol. The van der Waals surface area contributed by atoms with E-state index in [-0.39, 0.29) is 5.75 Å². The minimum absolute atomic E-state index is 0.108. The number of hydrogen-bond donors (Lipinski definition) is 1. The summed E-state index contributed by atoms with van der Waals surface area (Å²) in [5, 5.41) is 0. The summed E-state index contributed by atoms with van der Waals surface area (Å²) in [5.41, 5.74) is 2.55. The van der Waals surface area contributed by atoms with Gasteiger partial charge in [-0.25, -0.2) is 0 Å². The van der Waals surface area contributed by atoms with Crippen LogP contribution in [-0.4, -0.2) is 18.7 Å². The average molecular weight is 292 g/mol. The van der Waals surface area contributed by atoms with Crippen molar-refractivity contribution in [3.63, 3.8) is 0 Å². The van der Waals surface area contributed by atoms with Gasteiger partial charge < -0.3 is 0 Å². The van der Waals surface area contributed by atoms with Gasteiger partial charge in [0.05, 0.1) is 5.75 Å². The highest BCUT2D eigenvalue weighted by Gasteiger charge is 2.00. The predicted octanol–water partition coefficient (Wildman–Crippen LogP) is 4.03. The molecule has 0 bridgehead atoms. The van der Waals surface area contributed by atoms with Gasteiger partial charge in [0.2, 0.25) is 0 Å². The lowest BCUT2D eigenvalue weighted by Gasteiger charge is -1.98. The first kappa shape index (κ1) is 16.4. The normalized spacial score (nSPS) is 10.5. The quantitative estimate of drug-likeness (QED) is 0.866. The summed E-state index contributed by atoms with van der Waals surface area (Å²) in [6.07, 6.45) is 1.33. The van der Waals surface area contributed by atoms with E-state index in [9.17, 15) is 8.42 Å². The fraction of sp³-hybridized carbons (Fsp3) is 0.250. The average Bonchev–Trinajstić information content (AvgIpc) is 2.47. The first-order valence-electron chi connectivity index (χ1n) is 6.58. The molecule has 0 aliphatic carbocycles. The Morgan fingerprint density at radius 2 is 1.25 bits per heavy atom. The molecule has 3 nitrogen and oxygen atoms in total. The van der Waals surface area contributed by atoms with Crippen molar-refractivity contribution >= 4 is 10.1 Å². The van der Waals surface area contributed by atoms with Crippen LogP contribution in [0.15, 0.2) is 60.7 Å². The SMILES string of the molecule is CCCCS(=O)(=O)O.c1ccc(-c2ccccc2)cc1. The first-order chi connectivity index (χ1) is 9.53. The third kappa shape index (κ3) is 7.07. The van der Waals surface area contributed by atoms with Crippen molar-refractivity contribution in [3.05, 3.63) is 60.7 Å². The highest BCUT2D eigenvalue weighted by atomic mass is 32.2. The first-order valence-corrected chi connectivity index (χ1v) is 8.19.